The summed E-state index contributed by atoms with van der Waals surface area (Å²) >= 11 is 0. The van der Waals surface area contributed by atoms with Gasteiger partial charge < -0.3 is 47.4 Å². The van der Waals surface area contributed by atoms with Crippen LogP contribution in [-0.4, -0.2) is 86.8 Å². The van der Waals surface area contributed by atoms with Crippen molar-refractivity contribution in [1.82, 2.24) is 0 Å². The predicted octanol–water partition coefficient (Wildman–Crippen LogP) is 8.51. The van der Waals surface area contributed by atoms with Crippen molar-refractivity contribution in [3.05, 3.63) is 121 Å². The number of ether oxygens (including phenoxy) is 10. The van der Waals surface area contributed by atoms with E-state index in [1.54, 1.807) is 63.2 Å². The Morgan fingerprint density at radius 2 is 0.795 bits per heavy atom. The number of rotatable bonds is 21. The topological polar surface area (TPSA) is 229 Å². The van der Waals surface area contributed by atoms with E-state index in [-0.39, 0.29) is 48.8 Å². The third-order valence-corrected chi connectivity index (χ3v) is 11.1. The molecule has 0 aromatic heterocycles. The first-order chi connectivity index (χ1) is 34.7. The third-order valence-electron chi connectivity index (χ3n) is 11.1. The highest BCUT2D eigenvalue weighted by Gasteiger charge is 2.32. The van der Waals surface area contributed by atoms with E-state index in [2.05, 4.69) is 26.3 Å². The van der Waals surface area contributed by atoms with E-state index < -0.39 is 61.0 Å². The second-order valence-corrected chi connectivity index (χ2v) is 17.4. The lowest BCUT2D eigenvalue weighted by Crippen LogP contribution is -2.31. The van der Waals surface area contributed by atoms with Gasteiger partial charge in [0, 0.05) is 22.3 Å². The number of hydrogen-bond acceptors (Lipinski definition) is 18. The predicted molar refractivity (Wildman–Crippen MR) is 262 cm³/mol. The lowest BCUT2D eigenvalue weighted by Gasteiger charge is -2.27. The number of benzene rings is 3. The van der Waals surface area contributed by atoms with Crippen LogP contribution in [0.1, 0.15) is 84.6 Å². The molecule has 390 valence electrons. The summed E-state index contributed by atoms with van der Waals surface area (Å²) in [7, 11) is 0. The van der Waals surface area contributed by atoms with Crippen molar-refractivity contribution in [2.45, 2.75) is 98.2 Å². The van der Waals surface area contributed by atoms with Crippen molar-refractivity contribution in [3.8, 4) is 34.1 Å². The van der Waals surface area contributed by atoms with Crippen LogP contribution in [0.3, 0.4) is 0 Å². The maximum absolute atomic E-state index is 12.8. The molecule has 0 amide bonds. The second-order valence-electron chi connectivity index (χ2n) is 17.4. The molecule has 18 heteroatoms. The molecule has 2 aliphatic rings. The molecule has 0 atom stereocenters. The maximum Gasteiger partial charge on any atom is 0.344 e. The summed E-state index contributed by atoms with van der Waals surface area (Å²) in [6, 6.07) is 19.4. The Kier molecular flexibility index (Phi) is 22.7. The Morgan fingerprint density at radius 3 is 1.15 bits per heavy atom. The van der Waals surface area contributed by atoms with E-state index >= 15 is 0 Å². The fourth-order valence-electron chi connectivity index (χ4n) is 6.99. The lowest BCUT2D eigenvalue weighted by atomic mass is 9.87. The maximum atomic E-state index is 12.8. The molecule has 2 saturated carbocycles. The van der Waals surface area contributed by atoms with Crippen LogP contribution in [0.25, 0.3) is 11.1 Å². The molecule has 2 fully saturated rings. The number of carbonyl (C=O) groups is 8. The van der Waals surface area contributed by atoms with Crippen LogP contribution >= 0.6 is 0 Å². The van der Waals surface area contributed by atoms with Crippen molar-refractivity contribution < 1.29 is 85.7 Å². The van der Waals surface area contributed by atoms with Crippen LogP contribution in [0.5, 0.6) is 23.0 Å². The molecular weight excluding hydrogens is 949 g/mol. The van der Waals surface area contributed by atoms with Crippen molar-refractivity contribution >= 4 is 47.8 Å². The van der Waals surface area contributed by atoms with Crippen molar-refractivity contribution in [2.24, 2.45) is 11.8 Å². The van der Waals surface area contributed by atoms with Crippen molar-refractivity contribution in [1.29, 1.82) is 0 Å². The first-order valence-corrected chi connectivity index (χ1v) is 23.4. The Balaban J connectivity index is 0.000000353. The first kappa shape index (κ1) is 57.6. The molecular formula is C55H62O18. The minimum Gasteiger partial charge on any atom is -0.460 e. The fraction of sp³-hybridized carbons (Fsp3) is 0.382. The van der Waals surface area contributed by atoms with Crippen molar-refractivity contribution in [3.63, 3.8) is 0 Å². The molecule has 0 radical (unpaired) electrons. The van der Waals surface area contributed by atoms with E-state index in [9.17, 15) is 38.4 Å². The van der Waals surface area contributed by atoms with Crippen LogP contribution in [-0.2, 0) is 66.8 Å². The highest BCUT2D eigenvalue weighted by molar-refractivity contribution is 5.89. The summed E-state index contributed by atoms with van der Waals surface area (Å²) in [6.45, 7) is 20.4. The van der Waals surface area contributed by atoms with Gasteiger partial charge in [-0.05, 0) is 145 Å². The summed E-state index contributed by atoms with van der Waals surface area (Å²) in [5.41, 5.74) is 3.59. The van der Waals surface area contributed by atoms with Gasteiger partial charge >= 0.3 is 47.8 Å². The van der Waals surface area contributed by atoms with E-state index in [1.165, 1.54) is 13.8 Å². The van der Waals surface area contributed by atoms with Gasteiger partial charge in [0.25, 0.3) is 0 Å². The molecule has 0 heterocycles. The van der Waals surface area contributed by atoms with E-state index in [0.717, 1.165) is 11.1 Å². The standard InChI is InChI=1S/C33H40O12.C22H22O6/c1-19(2)30(36)40-17-28(34)42-24-10-6-22(7-11-24)32(38)44-26-14-15-27(21(5)16-26)45-33(39)23-8-12-25(13-9-23)43-29(35)18-41-31(37)20(3)4;1-15(2)21(23)27-13-25-19-9-5-17(6-10-19)18-7-11-20(12-8-18)26-14-28-22(24)16(3)4/h14-16,22-25H,1,3,6-13,17-18H2,2,4-5H3;5-12H,1,3,13-14H2,2,4H3. The molecule has 0 aliphatic heterocycles. The van der Waals surface area contributed by atoms with Crippen LogP contribution in [0.2, 0.25) is 0 Å². The van der Waals surface area contributed by atoms with Gasteiger partial charge in [-0.3, -0.25) is 9.59 Å². The number of esters is 8. The molecule has 0 saturated heterocycles. The van der Waals surface area contributed by atoms with Crippen LogP contribution in [0.4, 0.5) is 0 Å². The van der Waals surface area contributed by atoms with Gasteiger partial charge in [0.1, 0.15) is 35.2 Å². The van der Waals surface area contributed by atoms with Crippen LogP contribution in [0, 0.1) is 18.8 Å². The van der Waals surface area contributed by atoms with E-state index in [0.29, 0.717) is 91.1 Å². The van der Waals surface area contributed by atoms with E-state index in [1.807, 2.05) is 24.3 Å². The summed E-state index contributed by atoms with van der Waals surface area (Å²) < 4.78 is 52.0. The minimum absolute atomic E-state index is 0.174. The molecule has 18 nitrogen and oxygen atoms in total. The van der Waals surface area contributed by atoms with Gasteiger partial charge in [-0.25, -0.2) is 28.8 Å². The normalized spacial score (nSPS) is 16.7. The molecule has 0 unspecified atom stereocenters. The van der Waals surface area contributed by atoms with Gasteiger partial charge in [0.05, 0.1) is 11.8 Å². The lowest BCUT2D eigenvalue weighted by molar-refractivity contribution is -0.162. The molecule has 3 aromatic rings. The van der Waals surface area contributed by atoms with Crippen LogP contribution < -0.4 is 18.9 Å². The average Bonchev–Trinajstić information content (AvgIpc) is 3.36. The molecule has 0 bridgehead atoms. The molecule has 2 aliphatic carbocycles. The Morgan fingerprint density at radius 1 is 0.452 bits per heavy atom. The summed E-state index contributed by atoms with van der Waals surface area (Å²) in [5.74, 6) is -3.30. The number of carbonyl (C=O) groups excluding carboxylic acids is 8. The summed E-state index contributed by atoms with van der Waals surface area (Å²) in [4.78, 5) is 94.8. The third kappa shape index (κ3) is 20.0. The quantitative estimate of drug-likeness (QED) is 0.0320. The van der Waals surface area contributed by atoms with Crippen LogP contribution in [0.15, 0.2) is 115 Å². The minimum atomic E-state index is -0.665. The van der Waals surface area contributed by atoms with E-state index in [4.69, 9.17) is 47.4 Å². The SMILES string of the molecule is C=C(C)C(=O)OCC(=O)OC1CCC(C(=O)Oc2ccc(OC(=O)C3CCC(OC(=O)COC(=O)C(=C)C)CC3)c(C)c2)CC1.C=C(C)C(=O)OCOc1ccc(-c2ccc(OCOC(=O)C(=C)C)cc2)cc1. The summed E-state index contributed by atoms with van der Waals surface area (Å²) in [6.07, 6.45) is 3.05. The Hall–Kier alpha value is -8.02. The van der Waals surface area contributed by atoms with Gasteiger partial charge in [-0.2, -0.15) is 0 Å². The van der Waals surface area contributed by atoms with Crippen molar-refractivity contribution in [2.75, 3.05) is 26.8 Å². The zero-order valence-electron chi connectivity index (χ0n) is 41.8. The molecule has 0 N–H and O–H groups in total. The Bertz CT molecular complexity index is 2430. The zero-order valence-corrected chi connectivity index (χ0v) is 41.8. The Labute approximate surface area is 424 Å². The first-order valence-electron chi connectivity index (χ1n) is 23.4. The van der Waals surface area contributed by atoms with Gasteiger partial charge in [0.15, 0.2) is 13.2 Å². The highest BCUT2D eigenvalue weighted by atomic mass is 16.7. The molecule has 5 rings (SSSR count). The fourth-order valence-corrected chi connectivity index (χ4v) is 6.99. The molecule has 73 heavy (non-hydrogen) atoms. The molecule has 3 aromatic carbocycles. The molecule has 0 spiro atoms. The number of hydrogen-bond donors (Lipinski definition) is 0. The highest BCUT2D eigenvalue weighted by Crippen LogP contribution is 2.32. The van der Waals surface area contributed by atoms with Gasteiger partial charge in [-0.15, -0.1) is 0 Å². The van der Waals surface area contributed by atoms with Gasteiger partial charge in [0.2, 0.25) is 13.6 Å². The summed E-state index contributed by atoms with van der Waals surface area (Å²) in [5, 5.41) is 0. The largest absolute Gasteiger partial charge is 0.460 e. The second kappa shape index (κ2) is 28.7. The average molecular weight is 1010 g/mol. The zero-order chi connectivity index (χ0) is 53.6. The number of aryl methyl sites for hydroxylation is 1. The van der Waals surface area contributed by atoms with Gasteiger partial charge in [-0.1, -0.05) is 50.6 Å². The smallest absolute Gasteiger partial charge is 0.344 e. The monoisotopic (exact) mass is 1010 g/mol.